The zero-order valence-electron chi connectivity index (χ0n) is 8.72. The molecule has 1 aromatic rings. The Hall–Kier alpha value is -1.18. The maximum atomic E-state index is 5.24. The van der Waals surface area contributed by atoms with Crippen LogP contribution < -0.4 is 10.1 Å². The summed E-state index contributed by atoms with van der Waals surface area (Å²) >= 11 is 0. The lowest BCUT2D eigenvalue weighted by atomic mass is 10.2. The molecule has 0 radical (unpaired) electrons. The molecule has 0 bridgehead atoms. The summed E-state index contributed by atoms with van der Waals surface area (Å²) in [5, 5.41) is 3.34. The van der Waals surface area contributed by atoms with E-state index in [-0.39, 0.29) is 0 Å². The van der Waals surface area contributed by atoms with Crippen LogP contribution in [0, 0.1) is 6.92 Å². The maximum absolute atomic E-state index is 5.24. The van der Waals surface area contributed by atoms with Crippen molar-refractivity contribution in [1.29, 1.82) is 0 Å². The van der Waals surface area contributed by atoms with Crippen LogP contribution in [0.2, 0.25) is 0 Å². The predicted molar refractivity (Wildman–Crippen MR) is 56.5 cm³/mol. The van der Waals surface area contributed by atoms with Crippen LogP contribution in [0.3, 0.4) is 0 Å². The molecule has 0 aliphatic carbocycles. The quantitative estimate of drug-likeness (QED) is 0.770. The Labute approximate surface area is 79.9 Å². The second-order valence-corrected chi connectivity index (χ2v) is 3.50. The average molecular weight is 179 g/mol. The molecule has 0 heterocycles. The third kappa shape index (κ3) is 2.65. The summed E-state index contributed by atoms with van der Waals surface area (Å²) in [6.45, 7) is 6.30. The standard InChI is InChI=1S/C11H17NO/c1-8(2)12-10-7-9(3)5-6-11(10)13-4/h5-8,12H,1-4H3. The largest absolute Gasteiger partial charge is 0.495 e. The van der Waals surface area contributed by atoms with Crippen LogP contribution in [0.5, 0.6) is 5.75 Å². The molecule has 2 heteroatoms. The van der Waals surface area contributed by atoms with Gasteiger partial charge in [-0.25, -0.2) is 0 Å². The van der Waals surface area contributed by atoms with E-state index in [0.717, 1.165) is 11.4 Å². The molecule has 0 unspecified atom stereocenters. The molecule has 0 spiro atoms. The number of benzene rings is 1. The highest BCUT2D eigenvalue weighted by atomic mass is 16.5. The van der Waals surface area contributed by atoms with Gasteiger partial charge in [0.2, 0.25) is 0 Å². The van der Waals surface area contributed by atoms with Crippen molar-refractivity contribution in [2.75, 3.05) is 12.4 Å². The van der Waals surface area contributed by atoms with Crippen molar-refractivity contribution in [1.82, 2.24) is 0 Å². The second-order valence-electron chi connectivity index (χ2n) is 3.50. The zero-order chi connectivity index (χ0) is 9.84. The van der Waals surface area contributed by atoms with E-state index in [9.17, 15) is 0 Å². The Morgan fingerprint density at radius 3 is 2.54 bits per heavy atom. The summed E-state index contributed by atoms with van der Waals surface area (Å²) in [6, 6.07) is 6.55. The third-order valence-electron chi connectivity index (χ3n) is 1.80. The molecule has 1 aromatic carbocycles. The van der Waals surface area contributed by atoms with Gasteiger partial charge in [-0.3, -0.25) is 0 Å². The molecule has 72 valence electrons. The Morgan fingerprint density at radius 2 is 2.00 bits per heavy atom. The van der Waals surface area contributed by atoms with E-state index in [4.69, 9.17) is 4.74 Å². The average Bonchev–Trinajstić information content (AvgIpc) is 2.03. The lowest BCUT2D eigenvalue weighted by Gasteiger charge is -2.14. The number of rotatable bonds is 3. The summed E-state index contributed by atoms with van der Waals surface area (Å²) < 4.78 is 5.24. The number of ether oxygens (including phenoxy) is 1. The number of methoxy groups -OCH3 is 1. The van der Waals surface area contributed by atoms with Crippen LogP contribution in [-0.4, -0.2) is 13.2 Å². The molecule has 0 atom stereocenters. The molecule has 1 rings (SSSR count). The Kier molecular flexibility index (Phi) is 3.18. The van der Waals surface area contributed by atoms with Gasteiger partial charge in [0.15, 0.2) is 0 Å². The molecule has 13 heavy (non-hydrogen) atoms. The highest BCUT2D eigenvalue weighted by Gasteiger charge is 2.03. The molecule has 1 N–H and O–H groups in total. The van der Waals surface area contributed by atoms with Crippen molar-refractivity contribution in [2.24, 2.45) is 0 Å². The van der Waals surface area contributed by atoms with Gasteiger partial charge >= 0.3 is 0 Å². The minimum Gasteiger partial charge on any atom is -0.495 e. The van der Waals surface area contributed by atoms with Crippen molar-refractivity contribution in [2.45, 2.75) is 26.8 Å². The van der Waals surface area contributed by atoms with E-state index >= 15 is 0 Å². The molecule has 0 aliphatic heterocycles. The molecule has 0 aromatic heterocycles. The second kappa shape index (κ2) is 4.17. The highest BCUT2D eigenvalue weighted by Crippen LogP contribution is 2.25. The van der Waals surface area contributed by atoms with Gasteiger partial charge in [-0.05, 0) is 38.5 Å². The Morgan fingerprint density at radius 1 is 1.31 bits per heavy atom. The van der Waals surface area contributed by atoms with Crippen LogP contribution >= 0.6 is 0 Å². The van der Waals surface area contributed by atoms with Gasteiger partial charge in [0.05, 0.1) is 12.8 Å². The minimum atomic E-state index is 0.427. The van der Waals surface area contributed by atoms with Gasteiger partial charge in [-0.1, -0.05) is 6.07 Å². The lowest BCUT2D eigenvalue weighted by molar-refractivity contribution is 0.416. The molecule has 0 aliphatic rings. The first-order valence-electron chi connectivity index (χ1n) is 4.54. The third-order valence-corrected chi connectivity index (χ3v) is 1.80. The lowest BCUT2D eigenvalue weighted by Crippen LogP contribution is -2.10. The van der Waals surface area contributed by atoms with E-state index < -0.39 is 0 Å². The van der Waals surface area contributed by atoms with E-state index in [1.54, 1.807) is 7.11 Å². The smallest absolute Gasteiger partial charge is 0.141 e. The van der Waals surface area contributed by atoms with E-state index in [0.29, 0.717) is 6.04 Å². The number of hydrogen-bond donors (Lipinski definition) is 1. The fourth-order valence-corrected chi connectivity index (χ4v) is 1.25. The predicted octanol–water partition coefficient (Wildman–Crippen LogP) is 2.82. The number of nitrogens with one attached hydrogen (secondary N) is 1. The van der Waals surface area contributed by atoms with E-state index in [1.165, 1.54) is 5.56 Å². The summed E-state index contributed by atoms with van der Waals surface area (Å²) in [4.78, 5) is 0. The fourth-order valence-electron chi connectivity index (χ4n) is 1.25. The maximum Gasteiger partial charge on any atom is 0.141 e. The highest BCUT2D eigenvalue weighted by molar-refractivity contribution is 5.58. The van der Waals surface area contributed by atoms with E-state index in [1.807, 2.05) is 12.1 Å². The van der Waals surface area contributed by atoms with Crippen molar-refractivity contribution in [3.05, 3.63) is 23.8 Å². The molecule has 2 nitrogen and oxygen atoms in total. The van der Waals surface area contributed by atoms with Gasteiger partial charge in [-0.2, -0.15) is 0 Å². The molecule has 0 saturated carbocycles. The van der Waals surface area contributed by atoms with Crippen LogP contribution in [0.15, 0.2) is 18.2 Å². The minimum absolute atomic E-state index is 0.427. The first-order chi connectivity index (χ1) is 6.13. The summed E-state index contributed by atoms with van der Waals surface area (Å²) in [7, 11) is 1.69. The number of anilines is 1. The monoisotopic (exact) mass is 179 g/mol. The van der Waals surface area contributed by atoms with Gasteiger partial charge in [0.25, 0.3) is 0 Å². The van der Waals surface area contributed by atoms with Crippen LogP contribution in [0.25, 0.3) is 0 Å². The zero-order valence-corrected chi connectivity index (χ0v) is 8.72. The van der Waals surface area contributed by atoms with Crippen LogP contribution in [0.4, 0.5) is 5.69 Å². The first kappa shape index (κ1) is 9.90. The normalized spacial score (nSPS) is 10.2. The summed E-state index contributed by atoms with van der Waals surface area (Å²) in [6.07, 6.45) is 0. The molecular formula is C11H17NO. The summed E-state index contributed by atoms with van der Waals surface area (Å²) in [5.74, 6) is 0.902. The van der Waals surface area contributed by atoms with Gasteiger partial charge in [-0.15, -0.1) is 0 Å². The molecule has 0 amide bonds. The molecule has 0 saturated heterocycles. The van der Waals surface area contributed by atoms with E-state index in [2.05, 4.69) is 32.2 Å². The SMILES string of the molecule is COc1ccc(C)cc1NC(C)C. The molecule has 0 fully saturated rings. The van der Waals surface area contributed by atoms with Crippen LogP contribution in [0.1, 0.15) is 19.4 Å². The van der Waals surface area contributed by atoms with Crippen LogP contribution in [-0.2, 0) is 0 Å². The Bertz CT molecular complexity index is 281. The van der Waals surface area contributed by atoms with Crippen molar-refractivity contribution in [3.63, 3.8) is 0 Å². The Balaban J connectivity index is 2.94. The first-order valence-corrected chi connectivity index (χ1v) is 4.54. The number of hydrogen-bond acceptors (Lipinski definition) is 2. The van der Waals surface area contributed by atoms with Crippen molar-refractivity contribution in [3.8, 4) is 5.75 Å². The summed E-state index contributed by atoms with van der Waals surface area (Å²) in [5.41, 5.74) is 2.31. The molecular weight excluding hydrogens is 162 g/mol. The van der Waals surface area contributed by atoms with Crippen molar-refractivity contribution < 1.29 is 4.74 Å². The fraction of sp³-hybridized carbons (Fsp3) is 0.455. The van der Waals surface area contributed by atoms with Gasteiger partial charge in [0.1, 0.15) is 5.75 Å². The van der Waals surface area contributed by atoms with Crippen molar-refractivity contribution >= 4 is 5.69 Å². The topological polar surface area (TPSA) is 21.3 Å². The van der Waals surface area contributed by atoms with Gasteiger partial charge in [0, 0.05) is 6.04 Å². The number of aryl methyl sites for hydroxylation is 1. The van der Waals surface area contributed by atoms with Gasteiger partial charge < -0.3 is 10.1 Å².